The molecule has 1 unspecified atom stereocenters. The average molecular weight is 308 g/mol. The minimum absolute atomic E-state index is 0.242. The molecule has 0 saturated heterocycles. The molecule has 6 heteroatoms. The van der Waals surface area contributed by atoms with Crippen molar-refractivity contribution >= 4 is 11.2 Å². The van der Waals surface area contributed by atoms with Gasteiger partial charge in [0.2, 0.25) is 0 Å². The highest BCUT2D eigenvalue weighted by Crippen LogP contribution is 2.31. The lowest BCUT2D eigenvalue weighted by molar-refractivity contribution is 0.262. The molecule has 0 aliphatic heterocycles. The average Bonchev–Trinajstić information content (AvgIpc) is 3.20. The Morgan fingerprint density at radius 1 is 1.39 bits per heavy atom. The number of aromatic amines is 1. The summed E-state index contributed by atoms with van der Waals surface area (Å²) in [6, 6.07) is 1.98. The lowest BCUT2D eigenvalue weighted by Crippen LogP contribution is -2.38. The predicted molar refractivity (Wildman–Crippen MR) is 90.4 cm³/mol. The summed E-state index contributed by atoms with van der Waals surface area (Å²) in [5.41, 5.74) is 8.63. The van der Waals surface area contributed by atoms with Crippen molar-refractivity contribution in [3.63, 3.8) is 0 Å². The quantitative estimate of drug-likeness (QED) is 0.707. The number of aromatic nitrogens is 5. The molecule has 1 atom stereocenters. The highest BCUT2D eigenvalue weighted by Gasteiger charge is 2.33. The molecule has 3 rings (SSSR count). The monoisotopic (exact) mass is 308 g/mol. The summed E-state index contributed by atoms with van der Waals surface area (Å²) >= 11 is 0. The van der Waals surface area contributed by atoms with Gasteiger partial charge in [0.05, 0.1) is 23.9 Å². The van der Waals surface area contributed by atoms with Crippen molar-refractivity contribution < 1.29 is 0 Å². The molecule has 0 bridgehead atoms. The van der Waals surface area contributed by atoms with Crippen molar-refractivity contribution in [3.05, 3.63) is 31.1 Å². The van der Waals surface area contributed by atoms with Gasteiger partial charge in [0.25, 0.3) is 0 Å². The largest absolute Gasteiger partial charge is 0.343 e. The van der Waals surface area contributed by atoms with Crippen molar-refractivity contribution in [1.29, 1.82) is 0 Å². The number of imidazole rings is 2. The summed E-state index contributed by atoms with van der Waals surface area (Å²) in [4.78, 5) is 16.0. The van der Waals surface area contributed by atoms with E-state index in [1.807, 2.05) is 16.8 Å². The maximum absolute atomic E-state index is 5.86. The Morgan fingerprint density at radius 3 is 2.91 bits per heavy atom. The topological polar surface area (TPSA) is 85.4 Å². The standard InChI is InChI=1S/C17H20N6/c1-4-17(5-6-18,12(2)3)23-9-15(22-11-23)13-7-14-16(19-8-13)21-10-20-14/h1,7-12H,5-6,18H2,2-3H3,(H,19,20,21). The Labute approximate surface area is 135 Å². The van der Waals surface area contributed by atoms with Crippen molar-refractivity contribution in [1.82, 2.24) is 24.5 Å². The Morgan fingerprint density at radius 2 is 2.22 bits per heavy atom. The van der Waals surface area contributed by atoms with E-state index < -0.39 is 5.54 Å². The maximum atomic E-state index is 5.86. The highest BCUT2D eigenvalue weighted by molar-refractivity contribution is 5.76. The van der Waals surface area contributed by atoms with E-state index in [0.717, 1.165) is 16.8 Å². The summed E-state index contributed by atoms with van der Waals surface area (Å²) in [5, 5.41) is 0. The van der Waals surface area contributed by atoms with Gasteiger partial charge in [-0.25, -0.2) is 15.0 Å². The van der Waals surface area contributed by atoms with E-state index >= 15 is 0 Å². The zero-order valence-electron chi connectivity index (χ0n) is 13.3. The molecule has 3 aromatic heterocycles. The van der Waals surface area contributed by atoms with E-state index in [4.69, 9.17) is 12.2 Å². The molecular formula is C17H20N6. The van der Waals surface area contributed by atoms with Crippen LogP contribution in [0.2, 0.25) is 0 Å². The molecule has 23 heavy (non-hydrogen) atoms. The van der Waals surface area contributed by atoms with Crippen LogP contribution in [0, 0.1) is 18.3 Å². The first kappa shape index (κ1) is 15.3. The number of fused-ring (bicyclic) bond motifs is 1. The minimum atomic E-state index is -0.467. The number of terminal acetylenes is 1. The van der Waals surface area contributed by atoms with E-state index in [0.29, 0.717) is 18.6 Å². The van der Waals surface area contributed by atoms with E-state index in [1.165, 1.54) is 0 Å². The number of nitrogens with zero attached hydrogens (tertiary/aromatic N) is 4. The van der Waals surface area contributed by atoms with Gasteiger partial charge in [-0.3, -0.25) is 0 Å². The summed E-state index contributed by atoms with van der Waals surface area (Å²) in [5.74, 6) is 3.18. The second-order valence-corrected chi connectivity index (χ2v) is 5.93. The summed E-state index contributed by atoms with van der Waals surface area (Å²) in [7, 11) is 0. The zero-order valence-corrected chi connectivity index (χ0v) is 13.3. The molecule has 3 heterocycles. The van der Waals surface area contributed by atoms with Crippen molar-refractivity contribution in [2.45, 2.75) is 25.8 Å². The fraction of sp³-hybridized carbons (Fsp3) is 0.353. The summed E-state index contributed by atoms with van der Waals surface area (Å²) in [6.45, 7) is 4.73. The third-order valence-corrected chi connectivity index (χ3v) is 4.34. The molecular weight excluding hydrogens is 288 g/mol. The van der Waals surface area contributed by atoms with Gasteiger partial charge in [-0.2, -0.15) is 0 Å². The minimum Gasteiger partial charge on any atom is -0.343 e. The van der Waals surface area contributed by atoms with Crippen LogP contribution in [-0.4, -0.2) is 31.0 Å². The van der Waals surface area contributed by atoms with Crippen LogP contribution < -0.4 is 5.73 Å². The number of hydrogen-bond acceptors (Lipinski definition) is 4. The van der Waals surface area contributed by atoms with E-state index in [2.05, 4.69) is 39.7 Å². The maximum Gasteiger partial charge on any atom is 0.177 e. The SMILES string of the molecule is C#CC(CCN)(C(C)C)n1cnc(-c2cnc3nc[nH]c3c2)c1. The molecule has 0 aliphatic rings. The fourth-order valence-electron chi connectivity index (χ4n) is 2.91. The lowest BCUT2D eigenvalue weighted by Gasteiger charge is -2.33. The van der Waals surface area contributed by atoms with Gasteiger partial charge < -0.3 is 15.3 Å². The molecule has 0 radical (unpaired) electrons. The molecule has 3 aromatic rings. The van der Waals surface area contributed by atoms with E-state index in [1.54, 1.807) is 18.9 Å². The third kappa shape index (κ3) is 2.49. The van der Waals surface area contributed by atoms with Crippen LogP contribution in [0.4, 0.5) is 0 Å². The van der Waals surface area contributed by atoms with Gasteiger partial charge in [0, 0.05) is 18.0 Å². The first-order chi connectivity index (χ1) is 11.1. The van der Waals surface area contributed by atoms with Gasteiger partial charge in [-0.1, -0.05) is 19.8 Å². The lowest BCUT2D eigenvalue weighted by atomic mass is 9.83. The van der Waals surface area contributed by atoms with Crippen LogP contribution >= 0.6 is 0 Å². The molecule has 0 aromatic carbocycles. The van der Waals surface area contributed by atoms with Crippen LogP contribution in [0.25, 0.3) is 22.4 Å². The number of pyridine rings is 1. The van der Waals surface area contributed by atoms with Crippen molar-refractivity contribution in [2.24, 2.45) is 11.7 Å². The van der Waals surface area contributed by atoms with Crippen molar-refractivity contribution in [2.75, 3.05) is 6.54 Å². The van der Waals surface area contributed by atoms with Crippen LogP contribution in [0.1, 0.15) is 20.3 Å². The second kappa shape index (κ2) is 5.86. The molecule has 0 fully saturated rings. The number of H-pyrrole nitrogens is 1. The van der Waals surface area contributed by atoms with E-state index in [9.17, 15) is 0 Å². The van der Waals surface area contributed by atoms with Crippen LogP contribution in [0.5, 0.6) is 0 Å². The number of nitrogens with one attached hydrogen (secondary N) is 1. The molecule has 0 spiro atoms. The highest BCUT2D eigenvalue weighted by atomic mass is 15.1. The van der Waals surface area contributed by atoms with E-state index in [-0.39, 0.29) is 5.92 Å². The zero-order chi connectivity index (χ0) is 16.4. The number of hydrogen-bond donors (Lipinski definition) is 2. The molecule has 0 amide bonds. The summed E-state index contributed by atoms with van der Waals surface area (Å²) < 4.78 is 2.00. The van der Waals surface area contributed by atoms with Gasteiger partial charge in [0.15, 0.2) is 5.65 Å². The molecule has 3 N–H and O–H groups in total. The Balaban J connectivity index is 2.03. The van der Waals surface area contributed by atoms with Crippen LogP contribution in [0.3, 0.4) is 0 Å². The Kier molecular flexibility index (Phi) is 3.89. The normalized spacial score (nSPS) is 14.0. The first-order valence-electron chi connectivity index (χ1n) is 7.62. The summed E-state index contributed by atoms with van der Waals surface area (Å²) in [6.07, 6.45) is 13.7. The first-order valence-corrected chi connectivity index (χ1v) is 7.62. The van der Waals surface area contributed by atoms with Crippen LogP contribution in [0.15, 0.2) is 31.1 Å². The van der Waals surface area contributed by atoms with Gasteiger partial charge in [-0.05, 0) is 24.9 Å². The van der Waals surface area contributed by atoms with Crippen molar-refractivity contribution in [3.8, 4) is 23.6 Å². The van der Waals surface area contributed by atoms with Gasteiger partial charge >= 0.3 is 0 Å². The predicted octanol–water partition coefficient (Wildman–Crippen LogP) is 2.15. The fourth-order valence-corrected chi connectivity index (χ4v) is 2.91. The smallest absolute Gasteiger partial charge is 0.177 e. The Hall–Kier alpha value is -2.65. The molecule has 6 nitrogen and oxygen atoms in total. The van der Waals surface area contributed by atoms with Gasteiger partial charge in [-0.15, -0.1) is 6.42 Å². The van der Waals surface area contributed by atoms with Crippen LogP contribution in [-0.2, 0) is 5.54 Å². The molecule has 0 aliphatic carbocycles. The Bertz CT molecular complexity index is 853. The number of nitrogens with two attached hydrogens (primary N) is 1. The second-order valence-electron chi connectivity index (χ2n) is 5.93. The van der Waals surface area contributed by atoms with Gasteiger partial charge in [0.1, 0.15) is 5.54 Å². The number of rotatable bonds is 5. The molecule has 118 valence electrons. The molecule has 0 saturated carbocycles. The third-order valence-electron chi connectivity index (χ3n) is 4.34.